The van der Waals surface area contributed by atoms with Gasteiger partial charge in [0.05, 0.1) is 0 Å². The molecule has 1 saturated heterocycles. The Morgan fingerprint density at radius 2 is 1.26 bits per heavy atom. The number of para-hydroxylation sites is 2. The Bertz CT molecular complexity index is 725. The highest BCUT2D eigenvalue weighted by Crippen LogP contribution is 2.38. The van der Waals surface area contributed by atoms with E-state index in [1.807, 2.05) is 6.07 Å². The fraction of sp³-hybridized carbons (Fsp3) is 0.158. The van der Waals surface area contributed by atoms with Gasteiger partial charge in [-0.15, -0.1) is 0 Å². The van der Waals surface area contributed by atoms with Crippen molar-refractivity contribution >= 4 is 34.0 Å². The largest absolute Gasteiger partial charge is 0.451 e. The first kappa shape index (κ1) is 14.6. The Morgan fingerprint density at radius 3 is 1.70 bits per heavy atom. The van der Waals surface area contributed by atoms with Crippen LogP contribution in [-0.2, 0) is 0 Å². The third-order valence-corrected chi connectivity index (χ3v) is 4.78. The molecule has 4 heteroatoms. The van der Waals surface area contributed by atoms with Crippen molar-refractivity contribution in [1.82, 2.24) is 0 Å². The molecule has 3 aromatic rings. The van der Waals surface area contributed by atoms with Crippen molar-refractivity contribution in [3.63, 3.8) is 0 Å². The van der Waals surface area contributed by atoms with Crippen molar-refractivity contribution in [2.24, 2.45) is 0 Å². The summed E-state index contributed by atoms with van der Waals surface area (Å²) >= 11 is 2.23. The zero-order valence-electron chi connectivity index (χ0n) is 12.6. The summed E-state index contributed by atoms with van der Waals surface area (Å²) in [6.45, 7) is 1.95. The van der Waals surface area contributed by atoms with Gasteiger partial charge in [0.25, 0.3) is 0 Å². The van der Waals surface area contributed by atoms with Gasteiger partial charge < -0.3 is 14.2 Å². The Morgan fingerprint density at radius 1 is 0.739 bits per heavy atom. The lowest BCUT2D eigenvalue weighted by molar-refractivity contribution is 0.447. The van der Waals surface area contributed by atoms with E-state index in [2.05, 4.69) is 99.1 Å². The van der Waals surface area contributed by atoms with Crippen molar-refractivity contribution in [2.45, 2.75) is 6.17 Å². The van der Waals surface area contributed by atoms with Gasteiger partial charge in [0.15, 0.2) is 9.93 Å². The maximum atomic E-state index is 5.97. The summed E-state index contributed by atoms with van der Waals surface area (Å²) in [5, 5.41) is 0. The fourth-order valence-electron chi connectivity index (χ4n) is 3.18. The summed E-state index contributed by atoms with van der Waals surface area (Å²) in [7, 11) is 0. The molecule has 1 fully saturated rings. The molecule has 0 atom stereocenters. The number of rotatable bonds is 3. The van der Waals surface area contributed by atoms with Gasteiger partial charge in [-0.05, 0) is 59.0 Å². The summed E-state index contributed by atoms with van der Waals surface area (Å²) in [6, 6.07) is 25.2. The molecule has 2 heterocycles. The lowest BCUT2D eigenvalue weighted by Gasteiger charge is -2.31. The molecule has 1 aliphatic rings. The molecule has 0 bridgehead atoms. The number of furan rings is 1. The third kappa shape index (κ3) is 2.83. The van der Waals surface area contributed by atoms with Crippen LogP contribution in [0.15, 0.2) is 77.2 Å². The Balaban J connectivity index is 1.76. The minimum Gasteiger partial charge on any atom is -0.451 e. The van der Waals surface area contributed by atoms with Crippen molar-refractivity contribution in [3.05, 3.63) is 82.3 Å². The van der Waals surface area contributed by atoms with Gasteiger partial charge in [0, 0.05) is 24.5 Å². The predicted octanol–water partition coefficient (Wildman–Crippen LogP) is 4.91. The third-order valence-electron chi connectivity index (χ3n) is 4.20. The monoisotopic (exact) mass is 416 g/mol. The number of hydrogen-bond acceptors (Lipinski definition) is 3. The average Bonchev–Trinajstić information content (AvgIpc) is 3.22. The van der Waals surface area contributed by atoms with E-state index in [4.69, 9.17) is 4.42 Å². The molecular formula is C19H17IN2O. The van der Waals surface area contributed by atoms with E-state index in [0.717, 1.165) is 22.6 Å². The molecule has 0 saturated carbocycles. The maximum absolute atomic E-state index is 5.97. The molecule has 0 unspecified atom stereocenters. The standard InChI is InChI=1S/C19H17IN2O/c20-18-12-11-17(23-18)19-21(15-7-3-1-4-8-15)13-14-22(19)16-9-5-2-6-10-16/h1-12,19H,13-14H2. The SMILES string of the molecule is Ic1ccc(C2N(c3ccccc3)CCN2c2ccccc2)o1. The van der Waals surface area contributed by atoms with Crippen LogP contribution in [-0.4, -0.2) is 13.1 Å². The first-order valence-corrected chi connectivity index (χ1v) is 8.79. The molecule has 1 aromatic heterocycles. The highest BCUT2D eigenvalue weighted by molar-refractivity contribution is 14.1. The minimum absolute atomic E-state index is 0.0864. The van der Waals surface area contributed by atoms with E-state index in [9.17, 15) is 0 Å². The van der Waals surface area contributed by atoms with Crippen LogP contribution in [0.5, 0.6) is 0 Å². The van der Waals surface area contributed by atoms with Crippen molar-refractivity contribution in [3.8, 4) is 0 Å². The molecule has 1 aliphatic heterocycles. The van der Waals surface area contributed by atoms with E-state index >= 15 is 0 Å². The van der Waals surface area contributed by atoms with Gasteiger partial charge in [-0.1, -0.05) is 36.4 Å². The molecule has 116 valence electrons. The van der Waals surface area contributed by atoms with Crippen LogP contribution in [0.25, 0.3) is 0 Å². The molecule has 2 aromatic carbocycles. The number of hydrogen-bond donors (Lipinski definition) is 0. The number of halogens is 1. The zero-order chi connectivity index (χ0) is 15.6. The first-order chi connectivity index (χ1) is 11.3. The second-order valence-corrected chi connectivity index (χ2v) is 6.64. The smallest absolute Gasteiger partial charge is 0.164 e. The summed E-state index contributed by atoms with van der Waals surface area (Å²) in [5.74, 6) is 0.986. The van der Waals surface area contributed by atoms with Crippen LogP contribution < -0.4 is 9.80 Å². The van der Waals surface area contributed by atoms with Crippen molar-refractivity contribution in [1.29, 1.82) is 0 Å². The van der Waals surface area contributed by atoms with E-state index in [1.165, 1.54) is 11.4 Å². The van der Waals surface area contributed by atoms with Crippen molar-refractivity contribution < 1.29 is 4.42 Å². The molecular weight excluding hydrogens is 399 g/mol. The van der Waals surface area contributed by atoms with Crippen LogP contribution in [0.2, 0.25) is 0 Å². The van der Waals surface area contributed by atoms with Gasteiger partial charge in [-0.25, -0.2) is 0 Å². The Hall–Kier alpha value is -1.95. The van der Waals surface area contributed by atoms with E-state index < -0.39 is 0 Å². The van der Waals surface area contributed by atoms with Crippen LogP contribution >= 0.6 is 22.6 Å². The van der Waals surface area contributed by atoms with Crippen LogP contribution in [0, 0.1) is 3.77 Å². The number of benzene rings is 2. The summed E-state index contributed by atoms with van der Waals surface area (Å²) in [5.41, 5.74) is 2.45. The first-order valence-electron chi connectivity index (χ1n) is 7.71. The highest BCUT2D eigenvalue weighted by Gasteiger charge is 2.35. The average molecular weight is 416 g/mol. The Kier molecular flexibility index (Phi) is 3.99. The van der Waals surface area contributed by atoms with E-state index in [1.54, 1.807) is 0 Å². The predicted molar refractivity (Wildman–Crippen MR) is 102 cm³/mol. The summed E-state index contributed by atoms with van der Waals surface area (Å²) in [4.78, 5) is 4.81. The maximum Gasteiger partial charge on any atom is 0.164 e. The van der Waals surface area contributed by atoms with Gasteiger partial charge in [0.2, 0.25) is 0 Å². The second-order valence-electron chi connectivity index (χ2n) is 5.57. The molecule has 0 spiro atoms. The van der Waals surface area contributed by atoms with Crippen molar-refractivity contribution in [2.75, 3.05) is 22.9 Å². The molecule has 0 N–H and O–H groups in total. The van der Waals surface area contributed by atoms with Gasteiger partial charge in [-0.3, -0.25) is 0 Å². The van der Waals surface area contributed by atoms with E-state index in [-0.39, 0.29) is 6.17 Å². The number of nitrogens with zero attached hydrogens (tertiary/aromatic N) is 2. The molecule has 0 radical (unpaired) electrons. The molecule has 3 nitrogen and oxygen atoms in total. The minimum atomic E-state index is 0.0864. The fourth-order valence-corrected chi connectivity index (χ4v) is 3.62. The molecule has 23 heavy (non-hydrogen) atoms. The molecule has 0 amide bonds. The van der Waals surface area contributed by atoms with Crippen LogP contribution in [0.4, 0.5) is 11.4 Å². The highest BCUT2D eigenvalue weighted by atomic mass is 127. The molecule has 4 rings (SSSR count). The normalized spacial score (nSPS) is 15.3. The topological polar surface area (TPSA) is 19.6 Å². The number of anilines is 2. The summed E-state index contributed by atoms with van der Waals surface area (Å²) < 4.78 is 6.90. The van der Waals surface area contributed by atoms with Gasteiger partial charge in [-0.2, -0.15) is 0 Å². The zero-order valence-corrected chi connectivity index (χ0v) is 14.8. The van der Waals surface area contributed by atoms with Gasteiger partial charge in [0.1, 0.15) is 5.76 Å². The Labute approximate surface area is 149 Å². The van der Waals surface area contributed by atoms with Gasteiger partial charge >= 0.3 is 0 Å². The second kappa shape index (κ2) is 6.28. The van der Waals surface area contributed by atoms with Crippen LogP contribution in [0.1, 0.15) is 11.9 Å². The quantitative estimate of drug-likeness (QED) is 0.566. The lowest BCUT2D eigenvalue weighted by atomic mass is 10.2. The molecule has 0 aliphatic carbocycles. The lowest BCUT2D eigenvalue weighted by Crippen LogP contribution is -2.30. The van der Waals surface area contributed by atoms with Crippen LogP contribution in [0.3, 0.4) is 0 Å². The van der Waals surface area contributed by atoms with E-state index in [0.29, 0.717) is 0 Å². The summed E-state index contributed by atoms with van der Waals surface area (Å²) in [6.07, 6.45) is 0.0864.